The van der Waals surface area contributed by atoms with Gasteiger partial charge in [-0.05, 0) is 38.0 Å². The van der Waals surface area contributed by atoms with Crippen LogP contribution in [0.5, 0.6) is 0 Å². The van der Waals surface area contributed by atoms with Crippen LogP contribution in [0, 0.1) is 5.82 Å². The fourth-order valence-electron chi connectivity index (χ4n) is 2.43. The van der Waals surface area contributed by atoms with Crippen molar-refractivity contribution in [2.24, 2.45) is 0 Å². The van der Waals surface area contributed by atoms with Gasteiger partial charge in [-0.15, -0.1) is 0 Å². The zero-order valence-corrected chi connectivity index (χ0v) is 11.6. The Kier molecular flexibility index (Phi) is 5.61. The Balaban J connectivity index is 1.73. The van der Waals surface area contributed by atoms with Crippen LogP contribution >= 0.6 is 0 Å². The van der Waals surface area contributed by atoms with E-state index in [0.29, 0.717) is 6.10 Å². The van der Waals surface area contributed by atoms with Gasteiger partial charge in [0.2, 0.25) is 0 Å². The monoisotopic (exact) mass is 266 g/mol. The van der Waals surface area contributed by atoms with E-state index in [-0.39, 0.29) is 5.82 Å². The standard InChI is InChI=1S/C15H23FN2O/c1-2-18(14-6-3-5-13(16)11-14)9-8-17-12-15-7-4-10-19-15/h3,5-6,11,15,17H,2,4,7-10,12H2,1H3. The van der Waals surface area contributed by atoms with E-state index in [0.717, 1.165) is 44.9 Å². The largest absolute Gasteiger partial charge is 0.377 e. The van der Waals surface area contributed by atoms with Crippen molar-refractivity contribution < 1.29 is 9.13 Å². The van der Waals surface area contributed by atoms with Gasteiger partial charge in [-0.1, -0.05) is 6.07 Å². The van der Waals surface area contributed by atoms with Crippen LogP contribution in [-0.4, -0.2) is 38.9 Å². The lowest BCUT2D eigenvalue weighted by Gasteiger charge is -2.23. The summed E-state index contributed by atoms with van der Waals surface area (Å²) < 4.78 is 18.8. The van der Waals surface area contributed by atoms with Crippen molar-refractivity contribution in [2.75, 3.05) is 37.7 Å². The first-order chi connectivity index (χ1) is 9.29. The third-order valence-corrected chi connectivity index (χ3v) is 3.51. The summed E-state index contributed by atoms with van der Waals surface area (Å²) >= 11 is 0. The molecule has 0 spiro atoms. The number of nitrogens with zero attached hydrogens (tertiary/aromatic N) is 1. The van der Waals surface area contributed by atoms with Crippen molar-refractivity contribution >= 4 is 5.69 Å². The van der Waals surface area contributed by atoms with Crippen molar-refractivity contribution in [1.82, 2.24) is 5.32 Å². The quantitative estimate of drug-likeness (QED) is 0.767. The second-order valence-corrected chi connectivity index (χ2v) is 4.90. The predicted octanol–water partition coefficient (Wildman–Crippen LogP) is 2.42. The van der Waals surface area contributed by atoms with E-state index in [4.69, 9.17) is 4.74 Å². The van der Waals surface area contributed by atoms with Gasteiger partial charge < -0.3 is 15.0 Å². The molecule has 0 bridgehead atoms. The number of halogens is 1. The minimum Gasteiger partial charge on any atom is -0.377 e. The van der Waals surface area contributed by atoms with E-state index in [1.807, 2.05) is 6.07 Å². The fraction of sp³-hybridized carbons (Fsp3) is 0.600. The Morgan fingerprint density at radius 3 is 3.05 bits per heavy atom. The smallest absolute Gasteiger partial charge is 0.125 e. The molecule has 1 aromatic carbocycles. The molecule has 1 aliphatic rings. The Morgan fingerprint density at radius 2 is 2.37 bits per heavy atom. The first kappa shape index (κ1) is 14.3. The maximum absolute atomic E-state index is 13.2. The molecular weight excluding hydrogens is 243 g/mol. The lowest BCUT2D eigenvalue weighted by molar-refractivity contribution is 0.110. The minimum atomic E-state index is -0.178. The summed E-state index contributed by atoms with van der Waals surface area (Å²) in [6.45, 7) is 6.56. The van der Waals surface area contributed by atoms with E-state index in [1.165, 1.54) is 12.5 Å². The van der Waals surface area contributed by atoms with Gasteiger partial charge in [0.05, 0.1) is 6.10 Å². The zero-order valence-electron chi connectivity index (χ0n) is 11.6. The van der Waals surface area contributed by atoms with E-state index >= 15 is 0 Å². The predicted molar refractivity (Wildman–Crippen MR) is 76.1 cm³/mol. The second kappa shape index (κ2) is 7.46. The lowest BCUT2D eigenvalue weighted by atomic mass is 10.2. The Labute approximate surface area is 114 Å². The van der Waals surface area contributed by atoms with Crippen molar-refractivity contribution in [3.63, 3.8) is 0 Å². The number of hydrogen-bond donors (Lipinski definition) is 1. The molecule has 0 aliphatic carbocycles. The van der Waals surface area contributed by atoms with Crippen LogP contribution < -0.4 is 10.2 Å². The highest BCUT2D eigenvalue weighted by Gasteiger charge is 2.14. The topological polar surface area (TPSA) is 24.5 Å². The van der Waals surface area contributed by atoms with Gasteiger partial charge >= 0.3 is 0 Å². The number of rotatable bonds is 7. The molecule has 1 fully saturated rings. The van der Waals surface area contributed by atoms with Crippen LogP contribution in [0.25, 0.3) is 0 Å². The molecule has 0 amide bonds. The first-order valence-corrected chi connectivity index (χ1v) is 7.12. The van der Waals surface area contributed by atoms with E-state index < -0.39 is 0 Å². The summed E-state index contributed by atoms with van der Waals surface area (Å²) in [5, 5.41) is 3.42. The molecule has 1 N–H and O–H groups in total. The van der Waals surface area contributed by atoms with Crippen LogP contribution in [-0.2, 0) is 4.74 Å². The summed E-state index contributed by atoms with van der Waals surface area (Å²) in [6, 6.07) is 6.77. The summed E-state index contributed by atoms with van der Waals surface area (Å²) in [7, 11) is 0. The fourth-order valence-corrected chi connectivity index (χ4v) is 2.43. The van der Waals surface area contributed by atoms with Crippen LogP contribution in [0.1, 0.15) is 19.8 Å². The Hall–Kier alpha value is -1.13. The van der Waals surface area contributed by atoms with Crippen molar-refractivity contribution in [3.05, 3.63) is 30.1 Å². The highest BCUT2D eigenvalue weighted by atomic mass is 19.1. The average molecular weight is 266 g/mol. The van der Waals surface area contributed by atoms with Gasteiger partial charge in [0.15, 0.2) is 0 Å². The normalized spacial score (nSPS) is 18.7. The number of benzene rings is 1. The van der Waals surface area contributed by atoms with Crippen LogP contribution in [0.4, 0.5) is 10.1 Å². The van der Waals surface area contributed by atoms with Crippen LogP contribution in [0.3, 0.4) is 0 Å². The lowest BCUT2D eigenvalue weighted by Crippen LogP contribution is -2.35. The molecule has 106 valence electrons. The van der Waals surface area contributed by atoms with E-state index in [9.17, 15) is 4.39 Å². The molecule has 1 saturated heterocycles. The molecule has 1 aliphatic heterocycles. The van der Waals surface area contributed by atoms with Gasteiger partial charge in [0.25, 0.3) is 0 Å². The molecule has 0 radical (unpaired) electrons. The maximum Gasteiger partial charge on any atom is 0.125 e. The Morgan fingerprint density at radius 1 is 1.47 bits per heavy atom. The third kappa shape index (κ3) is 4.48. The molecule has 3 nitrogen and oxygen atoms in total. The van der Waals surface area contributed by atoms with Gasteiger partial charge in [-0.2, -0.15) is 0 Å². The first-order valence-electron chi connectivity index (χ1n) is 7.12. The van der Waals surface area contributed by atoms with Gasteiger partial charge in [-0.3, -0.25) is 0 Å². The van der Waals surface area contributed by atoms with Crippen LogP contribution in [0.15, 0.2) is 24.3 Å². The number of anilines is 1. The second-order valence-electron chi connectivity index (χ2n) is 4.90. The van der Waals surface area contributed by atoms with Crippen molar-refractivity contribution in [1.29, 1.82) is 0 Å². The van der Waals surface area contributed by atoms with Crippen molar-refractivity contribution in [3.8, 4) is 0 Å². The minimum absolute atomic E-state index is 0.178. The summed E-state index contributed by atoms with van der Waals surface area (Å²) in [4.78, 5) is 2.17. The molecule has 1 unspecified atom stereocenters. The molecule has 1 atom stereocenters. The van der Waals surface area contributed by atoms with E-state index in [1.54, 1.807) is 12.1 Å². The summed E-state index contributed by atoms with van der Waals surface area (Å²) in [6.07, 6.45) is 2.72. The van der Waals surface area contributed by atoms with Crippen LogP contribution in [0.2, 0.25) is 0 Å². The molecule has 0 aromatic heterocycles. The number of likely N-dealkylation sites (N-methyl/N-ethyl adjacent to an activating group) is 1. The number of nitrogens with one attached hydrogen (secondary N) is 1. The van der Waals surface area contributed by atoms with Gasteiger partial charge in [-0.25, -0.2) is 4.39 Å². The maximum atomic E-state index is 13.2. The Bertz CT molecular complexity index is 380. The molecule has 19 heavy (non-hydrogen) atoms. The summed E-state index contributed by atoms with van der Waals surface area (Å²) in [5.74, 6) is -0.178. The van der Waals surface area contributed by atoms with Crippen molar-refractivity contribution in [2.45, 2.75) is 25.9 Å². The zero-order chi connectivity index (χ0) is 13.5. The highest BCUT2D eigenvalue weighted by Crippen LogP contribution is 2.14. The molecule has 1 heterocycles. The SMILES string of the molecule is CCN(CCNCC1CCCO1)c1cccc(F)c1. The average Bonchev–Trinajstić information content (AvgIpc) is 2.92. The molecule has 2 rings (SSSR count). The van der Waals surface area contributed by atoms with Gasteiger partial charge in [0.1, 0.15) is 5.82 Å². The molecule has 4 heteroatoms. The number of ether oxygens (including phenoxy) is 1. The van der Waals surface area contributed by atoms with E-state index in [2.05, 4.69) is 17.1 Å². The third-order valence-electron chi connectivity index (χ3n) is 3.51. The molecule has 1 aromatic rings. The summed E-state index contributed by atoms with van der Waals surface area (Å²) in [5.41, 5.74) is 0.946. The van der Waals surface area contributed by atoms with Gasteiger partial charge in [0, 0.05) is 38.5 Å². The molecular formula is C15H23FN2O. The highest BCUT2D eigenvalue weighted by molar-refractivity contribution is 5.46. The molecule has 0 saturated carbocycles. The number of hydrogen-bond acceptors (Lipinski definition) is 3.